The molecule has 2 heterocycles. The third-order valence-corrected chi connectivity index (χ3v) is 3.92. The first kappa shape index (κ1) is 14.5. The minimum Gasteiger partial charge on any atom is -0.324 e. The van der Waals surface area contributed by atoms with Gasteiger partial charge in [-0.1, -0.05) is 12.1 Å². The molecule has 0 aliphatic carbocycles. The van der Waals surface area contributed by atoms with Crippen LogP contribution in [0.15, 0.2) is 42.6 Å². The Morgan fingerprint density at radius 3 is 2.68 bits per heavy atom. The van der Waals surface area contributed by atoms with Gasteiger partial charge in [-0.3, -0.25) is 4.79 Å². The molecule has 3 rings (SSSR count). The van der Waals surface area contributed by atoms with E-state index in [4.69, 9.17) is 0 Å². The number of para-hydroxylation sites is 2. The molecule has 0 saturated heterocycles. The highest BCUT2D eigenvalue weighted by molar-refractivity contribution is 6.12. The highest BCUT2D eigenvalue weighted by atomic mass is 16.2. The summed E-state index contributed by atoms with van der Waals surface area (Å²) in [6, 6.07) is 11.6. The van der Waals surface area contributed by atoms with E-state index in [1.165, 1.54) is 0 Å². The first-order valence-electron chi connectivity index (χ1n) is 7.48. The van der Waals surface area contributed by atoms with Gasteiger partial charge in [-0.05, 0) is 44.3 Å². The van der Waals surface area contributed by atoms with Crippen molar-refractivity contribution in [1.29, 1.82) is 0 Å². The zero-order chi connectivity index (χ0) is 15.5. The summed E-state index contributed by atoms with van der Waals surface area (Å²) in [7, 11) is 3.76. The number of nitrogens with one attached hydrogen (secondary N) is 1. The van der Waals surface area contributed by atoms with E-state index in [9.17, 15) is 4.79 Å². The van der Waals surface area contributed by atoms with E-state index in [1.807, 2.05) is 50.5 Å². The van der Waals surface area contributed by atoms with Crippen LogP contribution in [0.25, 0.3) is 0 Å². The number of aromatic nitrogens is 1. The second-order valence-corrected chi connectivity index (χ2v) is 5.34. The Balaban J connectivity index is 2.13. The number of benzene rings is 1. The lowest BCUT2D eigenvalue weighted by molar-refractivity contribution is 0.0994. The van der Waals surface area contributed by atoms with Gasteiger partial charge in [0.25, 0.3) is 5.91 Å². The molecule has 0 atom stereocenters. The third-order valence-electron chi connectivity index (χ3n) is 3.92. The summed E-state index contributed by atoms with van der Waals surface area (Å²) in [5.41, 5.74) is 2.58. The molecular formula is C17H20N4O. The number of carbonyl (C=O) groups excluding carboxylic acids is 1. The lowest BCUT2D eigenvalue weighted by atomic mass is 10.2. The van der Waals surface area contributed by atoms with Crippen LogP contribution in [0.5, 0.6) is 0 Å². The minimum atomic E-state index is -0.0216. The highest BCUT2D eigenvalue weighted by Crippen LogP contribution is 2.38. The maximum absolute atomic E-state index is 12.7. The summed E-state index contributed by atoms with van der Waals surface area (Å²) >= 11 is 0. The average molecular weight is 296 g/mol. The van der Waals surface area contributed by atoms with Crippen LogP contribution in [0.1, 0.15) is 16.8 Å². The molecule has 0 saturated carbocycles. The molecule has 5 heteroatoms. The number of carbonyl (C=O) groups is 1. The number of hydrogen-bond donors (Lipinski definition) is 1. The second-order valence-electron chi connectivity index (χ2n) is 5.34. The highest BCUT2D eigenvalue weighted by Gasteiger charge is 2.29. The van der Waals surface area contributed by atoms with Gasteiger partial charge in [0.05, 0.1) is 16.9 Å². The molecule has 2 aromatic rings. The van der Waals surface area contributed by atoms with E-state index < -0.39 is 0 Å². The van der Waals surface area contributed by atoms with Crippen LogP contribution in [0.2, 0.25) is 0 Å². The van der Waals surface area contributed by atoms with Crippen molar-refractivity contribution in [2.45, 2.75) is 6.42 Å². The maximum atomic E-state index is 12.7. The Bertz CT molecular complexity index is 686. The summed E-state index contributed by atoms with van der Waals surface area (Å²) in [6.45, 7) is 1.73. The molecule has 0 bridgehead atoms. The Labute approximate surface area is 130 Å². The van der Waals surface area contributed by atoms with Crippen molar-refractivity contribution in [1.82, 2.24) is 10.3 Å². The van der Waals surface area contributed by atoms with Crippen LogP contribution in [0.3, 0.4) is 0 Å². The fourth-order valence-corrected chi connectivity index (χ4v) is 2.80. The van der Waals surface area contributed by atoms with Gasteiger partial charge in [0, 0.05) is 19.8 Å². The Hall–Kier alpha value is -2.40. The van der Waals surface area contributed by atoms with E-state index in [1.54, 1.807) is 11.1 Å². The predicted molar refractivity (Wildman–Crippen MR) is 89.0 cm³/mol. The molecule has 5 nitrogen and oxygen atoms in total. The van der Waals surface area contributed by atoms with Gasteiger partial charge in [0.2, 0.25) is 0 Å². The molecule has 1 aliphatic heterocycles. The molecule has 1 aromatic carbocycles. The van der Waals surface area contributed by atoms with Gasteiger partial charge in [-0.15, -0.1) is 0 Å². The van der Waals surface area contributed by atoms with Crippen molar-refractivity contribution in [3.8, 4) is 0 Å². The van der Waals surface area contributed by atoms with E-state index in [2.05, 4.69) is 15.2 Å². The van der Waals surface area contributed by atoms with E-state index >= 15 is 0 Å². The SMILES string of the molecule is CNCCCN1c2ccccc2N(C)C(=O)c2cccnc21. The first-order valence-corrected chi connectivity index (χ1v) is 7.48. The molecule has 1 aliphatic rings. The predicted octanol–water partition coefficient (Wildman–Crippen LogP) is 2.42. The third kappa shape index (κ3) is 2.44. The van der Waals surface area contributed by atoms with Gasteiger partial charge < -0.3 is 15.1 Å². The topological polar surface area (TPSA) is 48.5 Å². The number of nitrogens with zero attached hydrogens (tertiary/aromatic N) is 3. The summed E-state index contributed by atoms with van der Waals surface area (Å²) in [5, 5.41) is 3.16. The lowest BCUT2D eigenvalue weighted by Gasteiger charge is -2.25. The molecular weight excluding hydrogens is 276 g/mol. The van der Waals surface area contributed by atoms with Crippen LogP contribution in [0.4, 0.5) is 17.2 Å². The Kier molecular flexibility index (Phi) is 4.06. The van der Waals surface area contributed by atoms with Crippen molar-refractivity contribution in [3.63, 3.8) is 0 Å². The fourth-order valence-electron chi connectivity index (χ4n) is 2.80. The molecule has 0 spiro atoms. The zero-order valence-corrected chi connectivity index (χ0v) is 12.9. The van der Waals surface area contributed by atoms with Gasteiger partial charge in [0.1, 0.15) is 5.82 Å². The van der Waals surface area contributed by atoms with Crippen LogP contribution in [-0.4, -0.2) is 38.1 Å². The van der Waals surface area contributed by atoms with E-state index in [0.29, 0.717) is 5.56 Å². The summed E-state index contributed by atoms with van der Waals surface area (Å²) in [6.07, 6.45) is 2.71. The Morgan fingerprint density at radius 2 is 1.91 bits per heavy atom. The first-order chi connectivity index (χ1) is 10.7. The van der Waals surface area contributed by atoms with Gasteiger partial charge in [-0.2, -0.15) is 0 Å². The quantitative estimate of drug-likeness (QED) is 0.880. The standard InChI is InChI=1S/C17H20N4O/c1-18-10-6-12-21-15-9-4-3-8-14(15)20(2)17(22)13-7-5-11-19-16(13)21/h3-5,7-9,11,18H,6,10,12H2,1-2H3. The smallest absolute Gasteiger partial charge is 0.261 e. The van der Waals surface area contributed by atoms with Crippen molar-refractivity contribution in [2.75, 3.05) is 37.0 Å². The zero-order valence-electron chi connectivity index (χ0n) is 12.9. The normalized spacial score (nSPS) is 13.6. The molecule has 0 unspecified atom stereocenters. The van der Waals surface area contributed by atoms with Crippen LogP contribution in [0, 0.1) is 0 Å². The van der Waals surface area contributed by atoms with Crippen LogP contribution >= 0.6 is 0 Å². The van der Waals surface area contributed by atoms with Crippen LogP contribution in [-0.2, 0) is 0 Å². The number of fused-ring (bicyclic) bond motifs is 2. The van der Waals surface area contributed by atoms with Gasteiger partial charge in [0.15, 0.2) is 0 Å². The van der Waals surface area contributed by atoms with Crippen molar-refractivity contribution in [2.24, 2.45) is 0 Å². The number of pyridine rings is 1. The van der Waals surface area contributed by atoms with E-state index in [0.717, 1.165) is 36.7 Å². The van der Waals surface area contributed by atoms with Crippen molar-refractivity contribution in [3.05, 3.63) is 48.2 Å². The van der Waals surface area contributed by atoms with E-state index in [-0.39, 0.29) is 5.91 Å². The summed E-state index contributed by atoms with van der Waals surface area (Å²) < 4.78 is 0. The molecule has 1 aromatic heterocycles. The largest absolute Gasteiger partial charge is 0.324 e. The van der Waals surface area contributed by atoms with Crippen molar-refractivity contribution < 1.29 is 4.79 Å². The molecule has 114 valence electrons. The monoisotopic (exact) mass is 296 g/mol. The number of rotatable bonds is 4. The minimum absolute atomic E-state index is 0.0216. The second kappa shape index (κ2) is 6.15. The molecule has 0 radical (unpaired) electrons. The summed E-state index contributed by atoms with van der Waals surface area (Å²) in [4.78, 5) is 21.0. The van der Waals surface area contributed by atoms with Gasteiger partial charge >= 0.3 is 0 Å². The van der Waals surface area contributed by atoms with Crippen LogP contribution < -0.4 is 15.1 Å². The number of hydrogen-bond acceptors (Lipinski definition) is 4. The number of amides is 1. The average Bonchev–Trinajstić information content (AvgIpc) is 2.65. The molecule has 1 N–H and O–H groups in total. The van der Waals surface area contributed by atoms with Crippen molar-refractivity contribution >= 4 is 23.1 Å². The maximum Gasteiger partial charge on any atom is 0.261 e. The number of anilines is 3. The Morgan fingerprint density at radius 1 is 1.14 bits per heavy atom. The molecule has 0 fully saturated rings. The molecule has 22 heavy (non-hydrogen) atoms. The van der Waals surface area contributed by atoms with Gasteiger partial charge in [-0.25, -0.2) is 4.98 Å². The summed E-state index contributed by atoms with van der Waals surface area (Å²) in [5.74, 6) is 0.715. The molecule has 1 amide bonds. The fraction of sp³-hybridized carbons (Fsp3) is 0.294. The lowest BCUT2D eigenvalue weighted by Crippen LogP contribution is -2.25.